The molecule has 1 aromatic heterocycles. The molecule has 0 saturated heterocycles. The van der Waals surface area contributed by atoms with E-state index in [2.05, 4.69) is 9.97 Å². The van der Waals surface area contributed by atoms with Crippen LogP contribution in [0, 0.1) is 17.2 Å². The summed E-state index contributed by atoms with van der Waals surface area (Å²) in [5.41, 5.74) is -6.65. The maximum atomic E-state index is 13.0. The lowest BCUT2D eigenvalue weighted by Gasteiger charge is -2.23. The normalized spacial score (nSPS) is 15.8. The molecule has 0 bridgehead atoms. The fraction of sp³-hybridized carbons (Fsp3) is 0.353. The molecule has 1 heterocycles. The zero-order valence-corrected chi connectivity index (χ0v) is 14.8. The number of rotatable bonds is 4. The van der Waals surface area contributed by atoms with E-state index in [0.717, 1.165) is 0 Å². The average molecular weight is 459 g/mol. The van der Waals surface area contributed by atoms with Crippen molar-refractivity contribution >= 4 is 0 Å². The van der Waals surface area contributed by atoms with Crippen molar-refractivity contribution in [1.82, 2.24) is 9.97 Å². The molecule has 2 aromatic rings. The molecule has 3 atom stereocenters. The van der Waals surface area contributed by atoms with Crippen LogP contribution >= 0.6 is 0 Å². The highest BCUT2D eigenvalue weighted by Crippen LogP contribution is 2.40. The molecular weight excluding hydrogens is 449 g/mol. The quantitative estimate of drug-likeness (QED) is 0.660. The number of nitriles is 1. The van der Waals surface area contributed by atoms with Gasteiger partial charge in [0, 0.05) is 0 Å². The number of nitrogens with zero attached hydrogens (tertiary/aromatic N) is 3. The first-order valence-electron chi connectivity index (χ1n) is 8.00. The van der Waals surface area contributed by atoms with Gasteiger partial charge in [0.05, 0.1) is 41.4 Å². The first-order chi connectivity index (χ1) is 14.1. The van der Waals surface area contributed by atoms with Gasteiger partial charge in [-0.15, -0.1) is 0 Å². The van der Waals surface area contributed by atoms with Crippen molar-refractivity contribution in [3.8, 4) is 6.07 Å². The zero-order chi connectivity index (χ0) is 23.8. The second-order valence-corrected chi connectivity index (χ2v) is 6.21. The van der Waals surface area contributed by atoms with E-state index in [1.807, 2.05) is 0 Å². The Labute approximate surface area is 167 Å². The Balaban J connectivity index is 2.45. The fourth-order valence-corrected chi connectivity index (χ4v) is 2.49. The molecule has 0 aliphatic carbocycles. The topological polar surface area (TPSA) is 90.0 Å². The van der Waals surface area contributed by atoms with Crippen LogP contribution in [0.1, 0.15) is 40.3 Å². The van der Waals surface area contributed by atoms with Crippen LogP contribution in [0.15, 0.2) is 30.6 Å². The molecule has 0 aliphatic heterocycles. The first kappa shape index (κ1) is 24.4. The second-order valence-electron chi connectivity index (χ2n) is 6.21. The Bertz CT molecular complexity index is 931. The molecule has 0 aliphatic rings. The van der Waals surface area contributed by atoms with Crippen LogP contribution in [-0.4, -0.2) is 20.2 Å². The lowest BCUT2D eigenvalue weighted by atomic mass is 9.89. The van der Waals surface area contributed by atoms with Crippen molar-refractivity contribution in [1.29, 1.82) is 5.26 Å². The first-order valence-corrected chi connectivity index (χ1v) is 8.00. The molecule has 0 spiro atoms. The van der Waals surface area contributed by atoms with Crippen LogP contribution in [0.2, 0.25) is 0 Å². The number of aliphatic hydroxyl groups excluding tert-OH is 2. The molecule has 0 amide bonds. The van der Waals surface area contributed by atoms with Gasteiger partial charge in [-0.05, 0) is 23.8 Å². The van der Waals surface area contributed by atoms with Gasteiger partial charge in [-0.1, -0.05) is 0 Å². The van der Waals surface area contributed by atoms with Gasteiger partial charge in [-0.2, -0.15) is 44.8 Å². The molecule has 2 rings (SSSR count). The van der Waals surface area contributed by atoms with Crippen LogP contribution in [0.25, 0.3) is 0 Å². The third-order valence-electron chi connectivity index (χ3n) is 4.05. The van der Waals surface area contributed by atoms with Crippen molar-refractivity contribution in [3.05, 3.63) is 58.7 Å². The molecule has 14 heteroatoms. The van der Waals surface area contributed by atoms with E-state index in [0.29, 0.717) is 6.20 Å². The summed E-state index contributed by atoms with van der Waals surface area (Å²) in [6.07, 6.45) is -19.3. The van der Waals surface area contributed by atoms with Gasteiger partial charge < -0.3 is 10.2 Å². The van der Waals surface area contributed by atoms with Crippen molar-refractivity contribution in [2.45, 2.75) is 30.7 Å². The lowest BCUT2D eigenvalue weighted by Crippen LogP contribution is -2.22. The molecule has 5 nitrogen and oxygen atoms in total. The minimum Gasteiger partial charge on any atom is -0.387 e. The summed E-state index contributed by atoms with van der Waals surface area (Å²) >= 11 is 0. The number of aliphatic hydroxyl groups is 2. The Morgan fingerprint density at radius 1 is 0.742 bits per heavy atom. The standard InChI is InChI=1S/C17H10F9N3O2/c18-15(19,20)8-1-7(2-9(3-8)16(21,22)23)13(30)10(4-27)14(31)11-5-29-12(6-28-11)17(24,25)26/h1-3,5-6,10,13-14,30-31H/t10?,13-,14?/m1/s1. The number of alkyl halides is 9. The second kappa shape index (κ2) is 8.31. The van der Waals surface area contributed by atoms with Gasteiger partial charge >= 0.3 is 18.5 Å². The van der Waals surface area contributed by atoms with E-state index in [9.17, 15) is 55.0 Å². The van der Waals surface area contributed by atoms with Gasteiger partial charge in [0.15, 0.2) is 5.69 Å². The maximum Gasteiger partial charge on any atom is 0.434 e. The van der Waals surface area contributed by atoms with Crippen LogP contribution in [0.5, 0.6) is 0 Å². The third kappa shape index (κ3) is 5.61. The van der Waals surface area contributed by atoms with Gasteiger partial charge in [0.1, 0.15) is 12.0 Å². The smallest absolute Gasteiger partial charge is 0.387 e. The number of benzene rings is 1. The highest BCUT2D eigenvalue weighted by molar-refractivity contribution is 5.36. The van der Waals surface area contributed by atoms with Gasteiger partial charge in [0.25, 0.3) is 0 Å². The fourth-order valence-electron chi connectivity index (χ4n) is 2.49. The molecule has 1 aromatic carbocycles. The van der Waals surface area contributed by atoms with Gasteiger partial charge in [-0.3, -0.25) is 4.98 Å². The predicted molar refractivity (Wildman–Crippen MR) is 82.5 cm³/mol. The van der Waals surface area contributed by atoms with Crippen LogP contribution in [-0.2, 0) is 18.5 Å². The number of halogens is 9. The van der Waals surface area contributed by atoms with Crippen LogP contribution < -0.4 is 0 Å². The average Bonchev–Trinajstić information content (AvgIpc) is 2.66. The highest BCUT2D eigenvalue weighted by atomic mass is 19.4. The number of hydrogen-bond acceptors (Lipinski definition) is 5. The maximum absolute atomic E-state index is 13.0. The largest absolute Gasteiger partial charge is 0.434 e. The van der Waals surface area contributed by atoms with Crippen molar-refractivity contribution in [2.24, 2.45) is 5.92 Å². The van der Waals surface area contributed by atoms with E-state index in [1.165, 1.54) is 6.07 Å². The van der Waals surface area contributed by atoms with E-state index >= 15 is 0 Å². The Morgan fingerprint density at radius 2 is 1.26 bits per heavy atom. The van der Waals surface area contributed by atoms with Gasteiger partial charge in [0.2, 0.25) is 0 Å². The molecule has 2 N–H and O–H groups in total. The monoisotopic (exact) mass is 459 g/mol. The van der Waals surface area contributed by atoms with E-state index in [-0.39, 0.29) is 24.4 Å². The summed E-state index contributed by atoms with van der Waals surface area (Å²) in [4.78, 5) is 6.23. The summed E-state index contributed by atoms with van der Waals surface area (Å²) < 4.78 is 115. The van der Waals surface area contributed by atoms with Gasteiger partial charge in [-0.25, -0.2) is 4.98 Å². The highest BCUT2D eigenvalue weighted by Gasteiger charge is 2.39. The minimum absolute atomic E-state index is 0.162. The predicted octanol–water partition coefficient (Wildman–Crippen LogP) is 4.44. The number of aromatic nitrogens is 2. The molecule has 168 valence electrons. The van der Waals surface area contributed by atoms with E-state index in [1.54, 1.807) is 0 Å². The SMILES string of the molecule is N#CC(C(O)c1cnc(C(F)(F)F)cn1)[C@H](O)c1cc(C(F)(F)F)cc(C(F)(F)F)c1. The summed E-state index contributed by atoms with van der Waals surface area (Å²) in [6, 6.07) is 1.43. The minimum atomic E-state index is -5.23. The molecule has 2 unspecified atom stereocenters. The number of hydrogen-bond donors (Lipinski definition) is 2. The van der Waals surface area contributed by atoms with E-state index in [4.69, 9.17) is 0 Å². The lowest BCUT2D eigenvalue weighted by molar-refractivity contribution is -0.143. The van der Waals surface area contributed by atoms with Crippen molar-refractivity contribution < 1.29 is 49.7 Å². The summed E-state index contributed by atoms with van der Waals surface area (Å²) in [5, 5.41) is 29.6. The van der Waals surface area contributed by atoms with Crippen LogP contribution in [0.3, 0.4) is 0 Å². The Kier molecular flexibility index (Phi) is 6.53. The molecule has 0 saturated carbocycles. The summed E-state index contributed by atoms with van der Waals surface area (Å²) in [7, 11) is 0. The Hall–Kier alpha value is -2.92. The van der Waals surface area contributed by atoms with Crippen molar-refractivity contribution in [3.63, 3.8) is 0 Å². The van der Waals surface area contributed by atoms with Crippen molar-refractivity contribution in [2.75, 3.05) is 0 Å². The third-order valence-corrected chi connectivity index (χ3v) is 4.05. The molecule has 0 fully saturated rings. The summed E-state index contributed by atoms with van der Waals surface area (Å²) in [6.45, 7) is 0. The molecular formula is C17H10F9N3O2. The Morgan fingerprint density at radius 3 is 1.61 bits per heavy atom. The summed E-state index contributed by atoms with van der Waals surface area (Å²) in [5.74, 6) is -2.09. The van der Waals surface area contributed by atoms with Crippen LogP contribution in [0.4, 0.5) is 39.5 Å². The van der Waals surface area contributed by atoms with E-state index < -0.39 is 64.7 Å². The molecule has 0 radical (unpaired) electrons. The zero-order valence-electron chi connectivity index (χ0n) is 14.8. The molecule has 31 heavy (non-hydrogen) atoms.